The minimum Gasteiger partial charge on any atom is -0.321 e. The van der Waals surface area contributed by atoms with Gasteiger partial charge in [0.05, 0.1) is 17.6 Å². The van der Waals surface area contributed by atoms with Crippen molar-refractivity contribution in [3.63, 3.8) is 0 Å². The van der Waals surface area contributed by atoms with Gasteiger partial charge in [0, 0.05) is 18.5 Å². The van der Waals surface area contributed by atoms with Gasteiger partial charge in [-0.1, -0.05) is 38.1 Å². The van der Waals surface area contributed by atoms with Gasteiger partial charge in [0.25, 0.3) is 0 Å². The van der Waals surface area contributed by atoms with E-state index in [0.717, 1.165) is 22.3 Å². The van der Waals surface area contributed by atoms with Crippen LogP contribution < -0.4 is 5.32 Å². The van der Waals surface area contributed by atoms with Gasteiger partial charge in [0.15, 0.2) is 5.65 Å². The fourth-order valence-corrected chi connectivity index (χ4v) is 2.72. The maximum Gasteiger partial charge on any atom is 0.248 e. The molecule has 0 saturated carbocycles. The first-order chi connectivity index (χ1) is 11.9. The molecule has 0 spiro atoms. The standard InChI is InChI=1S/C20H22N4O/c1-13(2)16-8-5-15(6-9-16)7-10-19(25)22-17-11-18-14(3)23-24(4)20(18)21-12-17/h5-13H,1-4H3,(H,22,25)/b10-7+. The van der Waals surface area contributed by atoms with E-state index in [1.165, 1.54) is 11.6 Å². The van der Waals surface area contributed by atoms with Gasteiger partial charge in [-0.15, -0.1) is 0 Å². The third kappa shape index (κ3) is 3.76. The van der Waals surface area contributed by atoms with Crippen LogP contribution in [0.3, 0.4) is 0 Å². The largest absolute Gasteiger partial charge is 0.321 e. The molecular weight excluding hydrogens is 312 g/mol. The van der Waals surface area contributed by atoms with Crippen LogP contribution in [-0.2, 0) is 11.8 Å². The smallest absolute Gasteiger partial charge is 0.248 e. The summed E-state index contributed by atoms with van der Waals surface area (Å²) in [6, 6.07) is 10.1. The Morgan fingerprint density at radius 1 is 1.24 bits per heavy atom. The van der Waals surface area contributed by atoms with Gasteiger partial charge < -0.3 is 5.32 Å². The van der Waals surface area contributed by atoms with Gasteiger partial charge in [-0.2, -0.15) is 5.10 Å². The Morgan fingerprint density at radius 3 is 2.64 bits per heavy atom. The van der Waals surface area contributed by atoms with Gasteiger partial charge in [0.2, 0.25) is 5.91 Å². The Balaban J connectivity index is 1.70. The predicted molar refractivity (Wildman–Crippen MR) is 101 cm³/mol. The topological polar surface area (TPSA) is 59.8 Å². The number of hydrogen-bond donors (Lipinski definition) is 1. The van der Waals surface area contributed by atoms with Crippen molar-refractivity contribution in [3.05, 3.63) is 59.4 Å². The van der Waals surface area contributed by atoms with Gasteiger partial charge in [-0.05, 0) is 36.1 Å². The number of aryl methyl sites for hydroxylation is 2. The van der Waals surface area contributed by atoms with Crippen LogP contribution in [0, 0.1) is 6.92 Å². The third-order valence-corrected chi connectivity index (χ3v) is 4.16. The molecule has 1 aromatic carbocycles. The molecule has 5 heteroatoms. The summed E-state index contributed by atoms with van der Waals surface area (Å²) in [4.78, 5) is 16.5. The summed E-state index contributed by atoms with van der Waals surface area (Å²) in [5.41, 5.74) is 4.63. The predicted octanol–water partition coefficient (Wildman–Crippen LogP) is 4.05. The molecule has 0 fully saturated rings. The summed E-state index contributed by atoms with van der Waals surface area (Å²) in [6.07, 6.45) is 4.98. The first kappa shape index (κ1) is 16.9. The first-order valence-electron chi connectivity index (χ1n) is 8.32. The Labute approximate surface area is 147 Å². The van der Waals surface area contributed by atoms with E-state index in [1.807, 2.05) is 32.2 Å². The van der Waals surface area contributed by atoms with Crippen LogP contribution in [0.4, 0.5) is 5.69 Å². The van der Waals surface area contributed by atoms with Gasteiger partial charge >= 0.3 is 0 Å². The Hall–Kier alpha value is -2.95. The quantitative estimate of drug-likeness (QED) is 0.732. The zero-order chi connectivity index (χ0) is 18.0. The molecule has 0 radical (unpaired) electrons. The number of anilines is 1. The van der Waals surface area contributed by atoms with E-state index >= 15 is 0 Å². The monoisotopic (exact) mass is 334 g/mol. The minimum atomic E-state index is -0.185. The van der Waals surface area contributed by atoms with Crippen LogP contribution in [0.1, 0.15) is 36.6 Å². The SMILES string of the molecule is Cc1nn(C)c2ncc(NC(=O)/C=C/c3ccc(C(C)C)cc3)cc12. The van der Waals surface area contributed by atoms with Crippen molar-refractivity contribution in [2.45, 2.75) is 26.7 Å². The molecule has 1 amide bonds. The van der Waals surface area contributed by atoms with Crippen LogP contribution in [-0.4, -0.2) is 20.7 Å². The summed E-state index contributed by atoms with van der Waals surface area (Å²) >= 11 is 0. The average Bonchev–Trinajstić information content (AvgIpc) is 2.87. The highest BCUT2D eigenvalue weighted by Crippen LogP contribution is 2.19. The summed E-state index contributed by atoms with van der Waals surface area (Å²) < 4.78 is 1.73. The molecule has 3 rings (SSSR count). The van der Waals surface area contributed by atoms with Crippen LogP contribution in [0.15, 0.2) is 42.6 Å². The number of carbonyl (C=O) groups excluding carboxylic acids is 1. The lowest BCUT2D eigenvalue weighted by molar-refractivity contribution is -0.111. The molecule has 0 bridgehead atoms. The molecule has 0 atom stereocenters. The van der Waals surface area contributed by atoms with Crippen LogP contribution in [0.5, 0.6) is 0 Å². The zero-order valence-electron chi connectivity index (χ0n) is 14.9. The second kappa shape index (κ2) is 6.89. The van der Waals surface area contributed by atoms with Crippen molar-refractivity contribution < 1.29 is 4.79 Å². The molecule has 0 saturated heterocycles. The fourth-order valence-electron chi connectivity index (χ4n) is 2.72. The van der Waals surface area contributed by atoms with E-state index in [1.54, 1.807) is 17.0 Å². The van der Waals surface area contributed by atoms with Gasteiger partial charge in [-0.25, -0.2) is 4.98 Å². The van der Waals surface area contributed by atoms with Crippen LogP contribution in [0.25, 0.3) is 17.1 Å². The summed E-state index contributed by atoms with van der Waals surface area (Å²) in [6.45, 7) is 6.25. The van der Waals surface area contributed by atoms with Crippen molar-refractivity contribution in [3.8, 4) is 0 Å². The first-order valence-corrected chi connectivity index (χ1v) is 8.32. The van der Waals surface area contributed by atoms with E-state index < -0.39 is 0 Å². The Bertz CT molecular complexity index is 936. The van der Waals surface area contributed by atoms with Crippen LogP contribution in [0.2, 0.25) is 0 Å². The molecule has 5 nitrogen and oxygen atoms in total. The number of amides is 1. The summed E-state index contributed by atoms with van der Waals surface area (Å²) in [7, 11) is 1.86. The molecule has 3 aromatic rings. The van der Waals surface area contributed by atoms with Crippen molar-refractivity contribution in [1.29, 1.82) is 0 Å². The zero-order valence-corrected chi connectivity index (χ0v) is 14.9. The molecule has 0 aliphatic heterocycles. The maximum atomic E-state index is 12.1. The van der Waals surface area contributed by atoms with E-state index in [4.69, 9.17) is 0 Å². The van der Waals surface area contributed by atoms with Gasteiger partial charge in [-0.3, -0.25) is 9.48 Å². The lowest BCUT2D eigenvalue weighted by Crippen LogP contribution is -2.08. The summed E-state index contributed by atoms with van der Waals surface area (Å²) in [5, 5.41) is 8.12. The highest BCUT2D eigenvalue weighted by atomic mass is 16.1. The number of carbonyl (C=O) groups is 1. The van der Waals surface area contributed by atoms with Crippen molar-refractivity contribution in [2.24, 2.45) is 7.05 Å². The van der Waals surface area contributed by atoms with Crippen molar-refractivity contribution in [1.82, 2.24) is 14.8 Å². The van der Waals surface area contributed by atoms with E-state index in [0.29, 0.717) is 11.6 Å². The number of nitrogens with zero attached hydrogens (tertiary/aromatic N) is 3. The number of benzene rings is 1. The number of aromatic nitrogens is 3. The molecule has 128 valence electrons. The lowest BCUT2D eigenvalue weighted by atomic mass is 10.0. The highest BCUT2D eigenvalue weighted by molar-refractivity contribution is 6.02. The molecular formula is C20H22N4O. The number of pyridine rings is 1. The molecule has 0 aliphatic carbocycles. The molecule has 25 heavy (non-hydrogen) atoms. The van der Waals surface area contributed by atoms with E-state index in [-0.39, 0.29) is 5.91 Å². The molecule has 0 aliphatic rings. The lowest BCUT2D eigenvalue weighted by Gasteiger charge is -2.05. The van der Waals surface area contributed by atoms with E-state index in [2.05, 4.69) is 41.4 Å². The van der Waals surface area contributed by atoms with Crippen molar-refractivity contribution >= 4 is 28.7 Å². The second-order valence-corrected chi connectivity index (χ2v) is 6.45. The van der Waals surface area contributed by atoms with Crippen LogP contribution >= 0.6 is 0 Å². The molecule has 0 unspecified atom stereocenters. The minimum absolute atomic E-state index is 0.185. The molecule has 2 heterocycles. The van der Waals surface area contributed by atoms with E-state index in [9.17, 15) is 4.79 Å². The van der Waals surface area contributed by atoms with Gasteiger partial charge in [0.1, 0.15) is 0 Å². The number of fused-ring (bicyclic) bond motifs is 1. The number of rotatable bonds is 4. The third-order valence-electron chi connectivity index (χ3n) is 4.16. The molecule has 2 aromatic heterocycles. The molecule has 1 N–H and O–H groups in total. The Morgan fingerprint density at radius 2 is 1.96 bits per heavy atom. The second-order valence-electron chi connectivity index (χ2n) is 6.45. The maximum absolute atomic E-state index is 12.1. The normalized spacial score (nSPS) is 11.6. The highest BCUT2D eigenvalue weighted by Gasteiger charge is 2.08. The number of hydrogen-bond acceptors (Lipinski definition) is 3. The summed E-state index contributed by atoms with van der Waals surface area (Å²) in [5.74, 6) is 0.315. The number of nitrogens with one attached hydrogen (secondary N) is 1. The Kier molecular flexibility index (Phi) is 4.65. The average molecular weight is 334 g/mol. The van der Waals surface area contributed by atoms with Crippen molar-refractivity contribution in [2.75, 3.05) is 5.32 Å². The fraction of sp³-hybridized carbons (Fsp3) is 0.250.